The summed E-state index contributed by atoms with van der Waals surface area (Å²) in [7, 11) is 0. The lowest BCUT2D eigenvalue weighted by molar-refractivity contribution is 0.543. The lowest BCUT2D eigenvalue weighted by Crippen LogP contribution is -2.17. The van der Waals surface area contributed by atoms with Crippen LogP contribution in [0.2, 0.25) is 0 Å². The van der Waals surface area contributed by atoms with Gasteiger partial charge < -0.3 is 0 Å². The van der Waals surface area contributed by atoms with Gasteiger partial charge in [0.05, 0.1) is 11.5 Å². The molecule has 1 fully saturated rings. The van der Waals surface area contributed by atoms with Gasteiger partial charge >= 0.3 is 0 Å². The van der Waals surface area contributed by atoms with Crippen LogP contribution in [0, 0.1) is 11.3 Å². The lowest BCUT2D eigenvalue weighted by atomic mass is 9.95. The van der Waals surface area contributed by atoms with Gasteiger partial charge in [-0.2, -0.15) is 5.26 Å². The first-order chi connectivity index (χ1) is 6.98. The van der Waals surface area contributed by atoms with Crippen molar-refractivity contribution in [1.82, 2.24) is 9.97 Å². The standard InChI is InChI=1S/C12H15N3/c1-11(2,3)10-14-6-9(7-15-10)12(8-13)4-5-12/h6-7H,4-5H2,1-3H3. The van der Waals surface area contributed by atoms with E-state index in [4.69, 9.17) is 5.26 Å². The first kappa shape index (κ1) is 10.1. The Bertz CT molecular complexity index is 402. The smallest absolute Gasteiger partial charge is 0.133 e. The second-order valence-corrected chi connectivity index (χ2v) is 5.24. The predicted octanol–water partition coefficient (Wildman–Crippen LogP) is 2.33. The van der Waals surface area contributed by atoms with E-state index in [0.29, 0.717) is 0 Å². The van der Waals surface area contributed by atoms with Crippen LogP contribution in [-0.4, -0.2) is 9.97 Å². The molecule has 78 valence electrons. The third-order valence-corrected chi connectivity index (χ3v) is 2.84. The maximum absolute atomic E-state index is 9.03. The summed E-state index contributed by atoms with van der Waals surface area (Å²) in [5, 5.41) is 9.03. The average Bonchev–Trinajstić information content (AvgIpc) is 2.97. The van der Waals surface area contributed by atoms with Crippen LogP contribution < -0.4 is 0 Å². The van der Waals surface area contributed by atoms with Crippen molar-refractivity contribution in [2.75, 3.05) is 0 Å². The van der Waals surface area contributed by atoms with E-state index in [1.165, 1.54) is 0 Å². The van der Waals surface area contributed by atoms with E-state index in [0.717, 1.165) is 24.2 Å². The lowest BCUT2D eigenvalue weighted by Gasteiger charge is -2.16. The molecule has 0 aromatic carbocycles. The van der Waals surface area contributed by atoms with Crippen LogP contribution in [-0.2, 0) is 10.8 Å². The van der Waals surface area contributed by atoms with E-state index in [-0.39, 0.29) is 10.8 Å². The van der Waals surface area contributed by atoms with E-state index in [1.807, 2.05) is 12.4 Å². The van der Waals surface area contributed by atoms with Crippen molar-refractivity contribution < 1.29 is 0 Å². The first-order valence-electron chi connectivity index (χ1n) is 5.22. The molecule has 1 heterocycles. The summed E-state index contributed by atoms with van der Waals surface area (Å²) in [6.07, 6.45) is 5.51. The summed E-state index contributed by atoms with van der Waals surface area (Å²) < 4.78 is 0. The molecule has 3 heteroatoms. The minimum Gasteiger partial charge on any atom is -0.240 e. The van der Waals surface area contributed by atoms with Gasteiger partial charge in [-0.15, -0.1) is 0 Å². The molecule has 0 radical (unpaired) electrons. The zero-order valence-corrected chi connectivity index (χ0v) is 9.41. The van der Waals surface area contributed by atoms with E-state index in [9.17, 15) is 0 Å². The van der Waals surface area contributed by atoms with Crippen molar-refractivity contribution in [2.45, 2.75) is 44.4 Å². The van der Waals surface area contributed by atoms with Gasteiger partial charge in [-0.05, 0) is 12.8 Å². The number of hydrogen-bond acceptors (Lipinski definition) is 3. The fourth-order valence-corrected chi connectivity index (χ4v) is 1.55. The molecule has 1 aromatic rings. The highest BCUT2D eigenvalue weighted by molar-refractivity contribution is 5.35. The summed E-state index contributed by atoms with van der Waals surface area (Å²) in [6.45, 7) is 6.25. The van der Waals surface area contributed by atoms with Gasteiger partial charge in [0, 0.05) is 23.4 Å². The van der Waals surface area contributed by atoms with Crippen molar-refractivity contribution in [1.29, 1.82) is 5.26 Å². The Balaban J connectivity index is 2.30. The monoisotopic (exact) mass is 201 g/mol. The Kier molecular flexibility index (Phi) is 2.04. The van der Waals surface area contributed by atoms with Crippen LogP contribution in [0.1, 0.15) is 45.0 Å². The highest BCUT2D eigenvalue weighted by Gasteiger charge is 2.45. The molecule has 0 saturated heterocycles. The van der Waals surface area contributed by atoms with Gasteiger partial charge in [0.15, 0.2) is 0 Å². The Morgan fingerprint density at radius 1 is 1.27 bits per heavy atom. The highest BCUT2D eigenvalue weighted by Crippen LogP contribution is 2.47. The van der Waals surface area contributed by atoms with Crippen LogP contribution >= 0.6 is 0 Å². The zero-order valence-electron chi connectivity index (χ0n) is 9.41. The number of hydrogen-bond donors (Lipinski definition) is 0. The second kappa shape index (κ2) is 3.03. The van der Waals surface area contributed by atoms with E-state index < -0.39 is 0 Å². The van der Waals surface area contributed by atoms with E-state index >= 15 is 0 Å². The van der Waals surface area contributed by atoms with Gasteiger partial charge in [-0.3, -0.25) is 0 Å². The number of nitrogens with zero attached hydrogens (tertiary/aromatic N) is 3. The van der Waals surface area contributed by atoms with Crippen molar-refractivity contribution in [3.05, 3.63) is 23.8 Å². The van der Waals surface area contributed by atoms with E-state index in [1.54, 1.807) is 0 Å². The Hall–Kier alpha value is -1.43. The third-order valence-electron chi connectivity index (χ3n) is 2.84. The summed E-state index contributed by atoms with van der Waals surface area (Å²) in [6, 6.07) is 2.35. The SMILES string of the molecule is CC(C)(C)c1ncc(C2(C#N)CC2)cn1. The molecular weight excluding hydrogens is 186 g/mol. The topological polar surface area (TPSA) is 49.6 Å². The predicted molar refractivity (Wildman–Crippen MR) is 57.3 cm³/mol. The highest BCUT2D eigenvalue weighted by atomic mass is 14.9. The minimum atomic E-state index is -0.267. The van der Waals surface area contributed by atoms with Crippen LogP contribution in [0.4, 0.5) is 0 Å². The zero-order chi connectivity index (χ0) is 11.1. The maximum Gasteiger partial charge on any atom is 0.133 e. The molecule has 0 amide bonds. The summed E-state index contributed by atoms with van der Waals surface area (Å²) in [5.41, 5.74) is 0.677. The van der Waals surface area contributed by atoms with Gasteiger partial charge in [0.2, 0.25) is 0 Å². The van der Waals surface area contributed by atoms with Crippen LogP contribution in [0.25, 0.3) is 0 Å². The van der Waals surface area contributed by atoms with Crippen molar-refractivity contribution in [3.8, 4) is 6.07 Å². The molecule has 1 aromatic heterocycles. The van der Waals surface area contributed by atoms with Crippen LogP contribution in [0.5, 0.6) is 0 Å². The summed E-state index contributed by atoms with van der Waals surface area (Å²) in [5.74, 6) is 0.833. The molecule has 0 unspecified atom stereocenters. The van der Waals surface area contributed by atoms with Crippen molar-refractivity contribution in [2.24, 2.45) is 0 Å². The summed E-state index contributed by atoms with van der Waals surface area (Å²) >= 11 is 0. The molecule has 3 nitrogen and oxygen atoms in total. The van der Waals surface area contributed by atoms with Crippen molar-refractivity contribution >= 4 is 0 Å². The van der Waals surface area contributed by atoms with E-state index in [2.05, 4.69) is 36.8 Å². The quantitative estimate of drug-likeness (QED) is 0.700. The largest absolute Gasteiger partial charge is 0.240 e. The Labute approximate surface area is 90.2 Å². The molecule has 1 aliphatic rings. The van der Waals surface area contributed by atoms with Crippen LogP contribution in [0.15, 0.2) is 12.4 Å². The first-order valence-corrected chi connectivity index (χ1v) is 5.22. The molecule has 0 spiro atoms. The fraction of sp³-hybridized carbons (Fsp3) is 0.583. The molecule has 15 heavy (non-hydrogen) atoms. The van der Waals surface area contributed by atoms with Gasteiger partial charge in [0.1, 0.15) is 5.82 Å². The molecule has 0 atom stereocenters. The van der Waals surface area contributed by atoms with Gasteiger partial charge in [-0.1, -0.05) is 20.8 Å². The molecule has 1 aliphatic carbocycles. The minimum absolute atomic E-state index is 0.0259. The summed E-state index contributed by atoms with van der Waals surface area (Å²) in [4.78, 5) is 8.68. The normalized spacial score (nSPS) is 18.3. The van der Waals surface area contributed by atoms with Crippen molar-refractivity contribution in [3.63, 3.8) is 0 Å². The molecule has 1 saturated carbocycles. The molecular formula is C12H15N3. The number of aromatic nitrogens is 2. The Morgan fingerprint density at radius 3 is 2.13 bits per heavy atom. The molecule has 2 rings (SSSR count). The molecule has 0 aliphatic heterocycles. The fourth-order valence-electron chi connectivity index (χ4n) is 1.55. The maximum atomic E-state index is 9.03. The van der Waals surface area contributed by atoms with Gasteiger partial charge in [-0.25, -0.2) is 9.97 Å². The second-order valence-electron chi connectivity index (χ2n) is 5.24. The Morgan fingerprint density at radius 2 is 1.80 bits per heavy atom. The third kappa shape index (κ3) is 1.72. The van der Waals surface area contributed by atoms with Crippen LogP contribution in [0.3, 0.4) is 0 Å². The average molecular weight is 201 g/mol. The number of nitriles is 1. The number of rotatable bonds is 1. The van der Waals surface area contributed by atoms with Gasteiger partial charge in [0.25, 0.3) is 0 Å². The molecule has 0 N–H and O–H groups in total. The molecule has 0 bridgehead atoms.